The fourth-order valence-corrected chi connectivity index (χ4v) is 5.01. The lowest BCUT2D eigenvalue weighted by Crippen LogP contribution is -2.47. The van der Waals surface area contributed by atoms with Gasteiger partial charge in [0.25, 0.3) is 0 Å². The molecule has 1 saturated carbocycles. The lowest BCUT2D eigenvalue weighted by Gasteiger charge is -2.39. The summed E-state index contributed by atoms with van der Waals surface area (Å²) < 4.78 is 5.51. The third-order valence-corrected chi connectivity index (χ3v) is 5.47. The third-order valence-electron chi connectivity index (χ3n) is 5.47. The van der Waals surface area contributed by atoms with Gasteiger partial charge in [-0.05, 0) is 37.1 Å². The first-order chi connectivity index (χ1) is 9.34. The van der Waals surface area contributed by atoms with E-state index in [9.17, 15) is 4.79 Å². The molecule has 0 aromatic carbocycles. The van der Waals surface area contributed by atoms with Crippen LogP contribution in [0.3, 0.4) is 0 Å². The number of nitrogens with one attached hydrogen (secondary N) is 1. The van der Waals surface area contributed by atoms with Crippen LogP contribution in [-0.4, -0.2) is 49.7 Å². The van der Waals surface area contributed by atoms with Crippen LogP contribution in [0, 0.1) is 16.7 Å². The highest BCUT2D eigenvalue weighted by Crippen LogP contribution is 2.52. The van der Waals surface area contributed by atoms with Crippen LogP contribution in [-0.2, 0) is 9.53 Å². The summed E-state index contributed by atoms with van der Waals surface area (Å²) in [5.74, 6) is 0.319. The standard InChI is InChI=1S/C16H28N2O2/c1-15(2)5-11-6-16(3,9-15)10-18(11)14(19)12-7-20-8-13(12)17-4/h11-13,17H,5-10H2,1-4H3. The van der Waals surface area contributed by atoms with Gasteiger partial charge < -0.3 is 15.0 Å². The molecule has 0 radical (unpaired) electrons. The maximum Gasteiger partial charge on any atom is 0.229 e. The summed E-state index contributed by atoms with van der Waals surface area (Å²) in [7, 11) is 1.92. The quantitative estimate of drug-likeness (QED) is 0.836. The van der Waals surface area contributed by atoms with Gasteiger partial charge in [-0.1, -0.05) is 20.8 Å². The summed E-state index contributed by atoms with van der Waals surface area (Å²) in [6.45, 7) is 9.23. The summed E-state index contributed by atoms with van der Waals surface area (Å²) in [5.41, 5.74) is 0.679. The van der Waals surface area contributed by atoms with Crippen molar-refractivity contribution in [1.82, 2.24) is 10.2 Å². The van der Waals surface area contributed by atoms with Gasteiger partial charge in [0.2, 0.25) is 5.91 Å². The van der Waals surface area contributed by atoms with Gasteiger partial charge in [0.1, 0.15) is 0 Å². The number of fused-ring (bicyclic) bond motifs is 2. The molecule has 0 aromatic heterocycles. The lowest BCUT2D eigenvalue weighted by atomic mass is 9.65. The predicted molar refractivity (Wildman–Crippen MR) is 78.4 cm³/mol. The summed E-state index contributed by atoms with van der Waals surface area (Å²) in [4.78, 5) is 15.1. The highest BCUT2D eigenvalue weighted by atomic mass is 16.5. The van der Waals surface area contributed by atoms with Crippen molar-refractivity contribution in [1.29, 1.82) is 0 Å². The fourth-order valence-electron chi connectivity index (χ4n) is 5.01. The average molecular weight is 280 g/mol. The average Bonchev–Trinajstić information content (AvgIpc) is 2.89. The molecule has 0 spiro atoms. The van der Waals surface area contributed by atoms with Crippen molar-refractivity contribution in [3.8, 4) is 0 Å². The molecule has 114 valence electrons. The van der Waals surface area contributed by atoms with Crippen LogP contribution in [0.4, 0.5) is 0 Å². The van der Waals surface area contributed by atoms with E-state index in [1.807, 2.05) is 7.05 Å². The smallest absolute Gasteiger partial charge is 0.229 e. The van der Waals surface area contributed by atoms with Gasteiger partial charge in [-0.3, -0.25) is 4.79 Å². The number of hydrogen-bond donors (Lipinski definition) is 1. The molecule has 2 heterocycles. The molecule has 3 rings (SSSR count). The maximum atomic E-state index is 12.9. The molecule has 3 fully saturated rings. The van der Waals surface area contributed by atoms with E-state index < -0.39 is 0 Å². The molecular weight excluding hydrogens is 252 g/mol. The van der Waals surface area contributed by atoms with Crippen molar-refractivity contribution >= 4 is 5.91 Å². The maximum absolute atomic E-state index is 12.9. The summed E-state index contributed by atoms with van der Waals surface area (Å²) >= 11 is 0. The topological polar surface area (TPSA) is 41.6 Å². The van der Waals surface area contributed by atoms with Gasteiger partial charge in [-0.15, -0.1) is 0 Å². The van der Waals surface area contributed by atoms with E-state index in [1.54, 1.807) is 0 Å². The molecule has 2 saturated heterocycles. The van der Waals surface area contributed by atoms with Crippen LogP contribution in [0.25, 0.3) is 0 Å². The van der Waals surface area contributed by atoms with E-state index >= 15 is 0 Å². The third kappa shape index (κ3) is 2.37. The van der Waals surface area contributed by atoms with E-state index in [-0.39, 0.29) is 12.0 Å². The molecule has 0 aromatic rings. The molecule has 1 aliphatic carbocycles. The Hall–Kier alpha value is -0.610. The molecule has 1 N–H and O–H groups in total. The first-order valence-corrected chi connectivity index (χ1v) is 7.89. The van der Waals surface area contributed by atoms with Crippen molar-refractivity contribution < 1.29 is 9.53 Å². The second kappa shape index (κ2) is 4.70. The number of carbonyl (C=O) groups is 1. The minimum absolute atomic E-state index is 0.00561. The zero-order valence-electron chi connectivity index (χ0n) is 13.2. The SMILES string of the molecule is CNC1COCC1C(=O)N1CC2(C)CC1CC(C)(C)C2. The Kier molecular flexibility index (Phi) is 3.37. The molecule has 3 aliphatic rings. The highest BCUT2D eigenvalue weighted by molar-refractivity contribution is 5.81. The Morgan fingerprint density at radius 1 is 1.25 bits per heavy atom. The zero-order valence-corrected chi connectivity index (χ0v) is 13.2. The van der Waals surface area contributed by atoms with E-state index in [2.05, 4.69) is 31.0 Å². The summed E-state index contributed by atoms with van der Waals surface area (Å²) in [5, 5.41) is 3.23. The van der Waals surface area contributed by atoms with Gasteiger partial charge in [-0.25, -0.2) is 0 Å². The van der Waals surface area contributed by atoms with E-state index in [1.165, 1.54) is 12.8 Å². The van der Waals surface area contributed by atoms with Crippen LogP contribution < -0.4 is 5.32 Å². The van der Waals surface area contributed by atoms with Crippen LogP contribution in [0.5, 0.6) is 0 Å². The second-order valence-electron chi connectivity index (χ2n) is 8.22. The van der Waals surface area contributed by atoms with Crippen molar-refractivity contribution in [3.63, 3.8) is 0 Å². The van der Waals surface area contributed by atoms with Crippen LogP contribution >= 0.6 is 0 Å². The molecule has 4 heteroatoms. The van der Waals surface area contributed by atoms with E-state index in [4.69, 9.17) is 4.74 Å². The monoisotopic (exact) mass is 280 g/mol. The molecule has 2 bridgehead atoms. The first kappa shape index (κ1) is 14.3. The summed E-state index contributed by atoms with van der Waals surface area (Å²) in [6.07, 6.45) is 3.56. The number of nitrogens with zero attached hydrogens (tertiary/aromatic N) is 1. The van der Waals surface area contributed by atoms with E-state index in [0.29, 0.717) is 36.0 Å². The first-order valence-electron chi connectivity index (χ1n) is 7.89. The van der Waals surface area contributed by atoms with Crippen molar-refractivity contribution in [2.75, 3.05) is 26.8 Å². The largest absolute Gasteiger partial charge is 0.379 e. The molecule has 4 nitrogen and oxygen atoms in total. The Bertz CT molecular complexity index is 409. The van der Waals surface area contributed by atoms with Crippen molar-refractivity contribution in [3.05, 3.63) is 0 Å². The highest BCUT2D eigenvalue weighted by Gasteiger charge is 2.52. The van der Waals surface area contributed by atoms with Gasteiger partial charge in [0.05, 0.1) is 19.1 Å². The minimum Gasteiger partial charge on any atom is -0.379 e. The number of carbonyl (C=O) groups excluding carboxylic acids is 1. The van der Waals surface area contributed by atoms with Gasteiger partial charge in [-0.2, -0.15) is 0 Å². The fraction of sp³-hybridized carbons (Fsp3) is 0.938. The van der Waals surface area contributed by atoms with E-state index in [0.717, 1.165) is 13.0 Å². The Morgan fingerprint density at radius 2 is 2.00 bits per heavy atom. The molecule has 2 aliphatic heterocycles. The van der Waals surface area contributed by atoms with Gasteiger partial charge in [0, 0.05) is 18.6 Å². The Labute approximate surface area is 122 Å². The predicted octanol–water partition coefficient (Wildman–Crippen LogP) is 1.65. The normalized spacial score (nSPS) is 43.0. The van der Waals surface area contributed by atoms with Crippen LogP contribution in [0.15, 0.2) is 0 Å². The molecule has 20 heavy (non-hydrogen) atoms. The van der Waals surface area contributed by atoms with Crippen LogP contribution in [0.2, 0.25) is 0 Å². The Morgan fingerprint density at radius 3 is 2.70 bits per heavy atom. The number of hydrogen-bond acceptors (Lipinski definition) is 3. The van der Waals surface area contributed by atoms with Gasteiger partial charge >= 0.3 is 0 Å². The zero-order chi connectivity index (χ0) is 14.5. The Balaban J connectivity index is 1.77. The number of likely N-dealkylation sites (tertiary alicyclic amines) is 1. The molecule has 4 atom stereocenters. The minimum atomic E-state index is 0.00561. The lowest BCUT2D eigenvalue weighted by molar-refractivity contribution is -0.137. The number of likely N-dealkylation sites (N-methyl/N-ethyl adjacent to an activating group) is 1. The van der Waals surface area contributed by atoms with Crippen LogP contribution in [0.1, 0.15) is 40.0 Å². The molecular formula is C16H28N2O2. The summed E-state index contributed by atoms with van der Waals surface area (Å²) in [6, 6.07) is 0.623. The van der Waals surface area contributed by atoms with Crippen molar-refractivity contribution in [2.45, 2.75) is 52.1 Å². The number of amides is 1. The second-order valence-corrected chi connectivity index (χ2v) is 8.22. The molecule has 1 amide bonds. The van der Waals surface area contributed by atoms with Crippen molar-refractivity contribution in [2.24, 2.45) is 16.7 Å². The number of rotatable bonds is 2. The molecule has 4 unspecified atom stereocenters. The number of ether oxygens (including phenoxy) is 1. The van der Waals surface area contributed by atoms with Gasteiger partial charge in [0.15, 0.2) is 0 Å².